The van der Waals surface area contributed by atoms with Crippen LogP contribution in [0.1, 0.15) is 13.3 Å². The Kier molecular flexibility index (Phi) is 4.49. The van der Waals surface area contributed by atoms with Gasteiger partial charge < -0.3 is 5.43 Å². The van der Waals surface area contributed by atoms with Gasteiger partial charge in [0.05, 0.1) is 3.72 Å². The highest BCUT2D eigenvalue weighted by Gasteiger charge is 1.81. The van der Waals surface area contributed by atoms with E-state index >= 15 is 0 Å². The lowest BCUT2D eigenvalue weighted by Crippen LogP contribution is -1.96. The molecule has 0 atom stereocenters. The van der Waals surface area contributed by atoms with E-state index in [-0.39, 0.29) is 0 Å². The molecule has 0 unspecified atom stereocenters. The summed E-state index contributed by atoms with van der Waals surface area (Å²) in [6.07, 6.45) is 1.02. The summed E-state index contributed by atoms with van der Waals surface area (Å²) < 4.78 is 1.11. The van der Waals surface area contributed by atoms with Gasteiger partial charge in [-0.05, 0) is 29.0 Å². The Hall–Kier alpha value is 0.200. The van der Waals surface area contributed by atoms with Crippen LogP contribution >= 0.6 is 22.6 Å². The third kappa shape index (κ3) is 4.04. The van der Waals surface area contributed by atoms with Crippen LogP contribution in [-0.4, -0.2) is 10.8 Å². The topological polar surface area (TPSA) is 24.4 Å². The van der Waals surface area contributed by atoms with Crippen molar-refractivity contribution in [2.75, 3.05) is 7.05 Å². The summed E-state index contributed by atoms with van der Waals surface area (Å²) in [5, 5.41) is 3.90. The molecule has 0 rings (SSSR count). The van der Waals surface area contributed by atoms with Gasteiger partial charge in [0.25, 0.3) is 0 Å². The first-order valence-corrected chi connectivity index (χ1v) is 3.28. The molecule has 0 aromatic heterocycles. The van der Waals surface area contributed by atoms with Crippen molar-refractivity contribution in [3.05, 3.63) is 0 Å². The Morgan fingerprint density at radius 3 is 2.57 bits per heavy atom. The first kappa shape index (κ1) is 7.20. The molecule has 0 aromatic rings. The van der Waals surface area contributed by atoms with Crippen LogP contribution in [0.2, 0.25) is 0 Å². The highest BCUT2D eigenvalue weighted by atomic mass is 127. The van der Waals surface area contributed by atoms with Gasteiger partial charge in [0.15, 0.2) is 0 Å². The predicted molar refractivity (Wildman–Crippen MR) is 40.8 cm³/mol. The van der Waals surface area contributed by atoms with Gasteiger partial charge in [-0.15, -0.1) is 0 Å². The van der Waals surface area contributed by atoms with Crippen molar-refractivity contribution in [2.45, 2.75) is 13.3 Å². The number of hydrogen-bond donors (Lipinski definition) is 1. The van der Waals surface area contributed by atoms with Crippen molar-refractivity contribution >= 4 is 26.3 Å². The minimum Gasteiger partial charge on any atom is -0.312 e. The molecule has 0 aliphatic heterocycles. The molecule has 0 heterocycles. The zero-order chi connectivity index (χ0) is 5.70. The third-order valence-electron chi connectivity index (χ3n) is 0.525. The molecular weight excluding hydrogens is 203 g/mol. The van der Waals surface area contributed by atoms with Gasteiger partial charge in [0, 0.05) is 7.05 Å². The zero-order valence-corrected chi connectivity index (χ0v) is 6.69. The molecule has 0 spiro atoms. The van der Waals surface area contributed by atoms with E-state index in [0.29, 0.717) is 0 Å². The molecule has 7 heavy (non-hydrogen) atoms. The van der Waals surface area contributed by atoms with Gasteiger partial charge in [-0.25, -0.2) is 0 Å². The standard InChI is InChI=1S/C4H9IN2/c1-3-4(5)7-6-2/h6H,3H2,1-2H3/b7-4+. The van der Waals surface area contributed by atoms with E-state index in [4.69, 9.17) is 0 Å². The Balaban J connectivity index is 3.29. The summed E-state index contributed by atoms with van der Waals surface area (Å²) in [6, 6.07) is 0. The number of halogens is 1. The van der Waals surface area contributed by atoms with Crippen LogP contribution in [0.15, 0.2) is 5.10 Å². The van der Waals surface area contributed by atoms with Crippen LogP contribution in [0.5, 0.6) is 0 Å². The normalized spacial score (nSPS) is 11.6. The van der Waals surface area contributed by atoms with Gasteiger partial charge in [0.2, 0.25) is 0 Å². The predicted octanol–water partition coefficient (Wildman–Crippen LogP) is 1.36. The largest absolute Gasteiger partial charge is 0.312 e. The van der Waals surface area contributed by atoms with E-state index < -0.39 is 0 Å². The van der Waals surface area contributed by atoms with E-state index in [9.17, 15) is 0 Å². The molecule has 3 heteroatoms. The van der Waals surface area contributed by atoms with Crippen LogP contribution in [0.3, 0.4) is 0 Å². The number of nitrogens with one attached hydrogen (secondary N) is 1. The maximum absolute atomic E-state index is 3.90. The fourth-order valence-electron chi connectivity index (χ4n) is 0.200. The average Bonchev–Trinajstić information content (AvgIpc) is 1.68. The molecule has 0 fully saturated rings. The molecule has 0 radical (unpaired) electrons. The maximum Gasteiger partial charge on any atom is 0.0979 e. The minimum absolute atomic E-state index is 1.02. The van der Waals surface area contributed by atoms with Crippen molar-refractivity contribution in [3.8, 4) is 0 Å². The van der Waals surface area contributed by atoms with Gasteiger partial charge in [-0.2, -0.15) is 5.10 Å². The quantitative estimate of drug-likeness (QED) is 0.417. The van der Waals surface area contributed by atoms with Crippen molar-refractivity contribution in [2.24, 2.45) is 5.10 Å². The number of nitrogens with zero attached hydrogens (tertiary/aromatic N) is 1. The zero-order valence-electron chi connectivity index (χ0n) is 4.53. The lowest BCUT2D eigenvalue weighted by molar-refractivity contribution is 0.900. The van der Waals surface area contributed by atoms with E-state index in [1.54, 1.807) is 7.05 Å². The second kappa shape index (κ2) is 4.36. The van der Waals surface area contributed by atoms with E-state index in [2.05, 4.69) is 40.0 Å². The molecular formula is C4H9IN2. The fraction of sp³-hybridized carbons (Fsp3) is 0.750. The number of rotatable bonds is 2. The summed E-state index contributed by atoms with van der Waals surface area (Å²) in [5.74, 6) is 0. The summed E-state index contributed by atoms with van der Waals surface area (Å²) >= 11 is 2.19. The van der Waals surface area contributed by atoms with Crippen molar-refractivity contribution in [1.82, 2.24) is 5.43 Å². The molecule has 0 aliphatic carbocycles. The van der Waals surface area contributed by atoms with Gasteiger partial charge in [0.1, 0.15) is 0 Å². The lowest BCUT2D eigenvalue weighted by Gasteiger charge is -1.88. The van der Waals surface area contributed by atoms with E-state index in [1.165, 1.54) is 0 Å². The molecule has 2 nitrogen and oxygen atoms in total. The Morgan fingerprint density at radius 2 is 2.43 bits per heavy atom. The lowest BCUT2D eigenvalue weighted by atomic mass is 10.6. The second-order valence-electron chi connectivity index (χ2n) is 1.07. The average molecular weight is 212 g/mol. The monoisotopic (exact) mass is 212 g/mol. The van der Waals surface area contributed by atoms with Crippen LogP contribution in [0.4, 0.5) is 0 Å². The third-order valence-corrected chi connectivity index (χ3v) is 1.53. The molecule has 42 valence electrons. The molecule has 0 amide bonds. The van der Waals surface area contributed by atoms with Gasteiger partial charge in [-0.3, -0.25) is 0 Å². The Morgan fingerprint density at radius 1 is 1.86 bits per heavy atom. The van der Waals surface area contributed by atoms with Crippen molar-refractivity contribution < 1.29 is 0 Å². The van der Waals surface area contributed by atoms with Crippen molar-refractivity contribution in [1.29, 1.82) is 0 Å². The molecule has 1 N–H and O–H groups in total. The summed E-state index contributed by atoms with van der Waals surface area (Å²) in [4.78, 5) is 0. The highest BCUT2D eigenvalue weighted by Crippen LogP contribution is 1.92. The van der Waals surface area contributed by atoms with E-state index in [1.807, 2.05) is 0 Å². The SMILES string of the molecule is CC/C(I)=N\NC. The summed E-state index contributed by atoms with van der Waals surface area (Å²) in [6.45, 7) is 2.07. The maximum atomic E-state index is 3.90. The first-order valence-electron chi connectivity index (χ1n) is 2.20. The fourth-order valence-corrected chi connectivity index (χ4v) is 0.442. The van der Waals surface area contributed by atoms with Crippen LogP contribution in [-0.2, 0) is 0 Å². The second-order valence-corrected chi connectivity index (χ2v) is 2.31. The molecule has 0 saturated carbocycles. The van der Waals surface area contributed by atoms with Crippen molar-refractivity contribution in [3.63, 3.8) is 0 Å². The van der Waals surface area contributed by atoms with Crippen LogP contribution in [0, 0.1) is 0 Å². The minimum atomic E-state index is 1.02. The number of hydrazone groups is 1. The molecule has 0 aromatic carbocycles. The molecule has 0 bridgehead atoms. The summed E-state index contributed by atoms with van der Waals surface area (Å²) in [7, 11) is 1.80. The Bertz CT molecular complexity index is 70.1. The van der Waals surface area contributed by atoms with Crippen LogP contribution in [0.25, 0.3) is 0 Å². The van der Waals surface area contributed by atoms with E-state index in [0.717, 1.165) is 10.1 Å². The van der Waals surface area contributed by atoms with Gasteiger partial charge >= 0.3 is 0 Å². The molecule has 0 saturated heterocycles. The van der Waals surface area contributed by atoms with Crippen LogP contribution < -0.4 is 5.43 Å². The first-order chi connectivity index (χ1) is 3.31. The smallest absolute Gasteiger partial charge is 0.0979 e. The highest BCUT2D eigenvalue weighted by molar-refractivity contribution is 14.1. The summed E-state index contributed by atoms with van der Waals surface area (Å²) in [5.41, 5.74) is 2.70. The Labute approximate surface area is 57.5 Å². The van der Waals surface area contributed by atoms with Gasteiger partial charge in [-0.1, -0.05) is 6.92 Å². The molecule has 0 aliphatic rings. The number of hydrogen-bond acceptors (Lipinski definition) is 2.